The van der Waals surface area contributed by atoms with Crippen molar-refractivity contribution in [2.24, 2.45) is 0 Å². The fourth-order valence-electron chi connectivity index (χ4n) is 3.87. The fraction of sp³-hybridized carbons (Fsp3) is 0.292. The van der Waals surface area contributed by atoms with Gasteiger partial charge in [-0.15, -0.1) is 0 Å². The number of carboxylic acids is 1. The first-order valence-corrected chi connectivity index (χ1v) is 9.84. The van der Waals surface area contributed by atoms with Crippen molar-refractivity contribution in [3.05, 3.63) is 77.7 Å². The molecule has 3 aromatic rings. The van der Waals surface area contributed by atoms with Crippen molar-refractivity contribution in [2.45, 2.75) is 44.6 Å². The second-order valence-corrected chi connectivity index (χ2v) is 7.34. The number of aromatic carboxylic acids is 1. The molecule has 1 aliphatic carbocycles. The molecule has 1 saturated carbocycles. The molecule has 0 radical (unpaired) electrons. The minimum absolute atomic E-state index is 0.0783. The molecule has 0 saturated heterocycles. The molecule has 2 aromatic carbocycles. The van der Waals surface area contributed by atoms with E-state index in [-0.39, 0.29) is 12.4 Å². The minimum Gasteiger partial charge on any atom is -0.486 e. The summed E-state index contributed by atoms with van der Waals surface area (Å²) in [6, 6.07) is 19.9. The van der Waals surface area contributed by atoms with Gasteiger partial charge in [-0.3, -0.25) is 0 Å². The van der Waals surface area contributed by atoms with Crippen molar-refractivity contribution in [1.29, 1.82) is 0 Å². The molecule has 0 bridgehead atoms. The smallest absolute Gasteiger partial charge is 0.371 e. The third-order valence-corrected chi connectivity index (χ3v) is 5.41. The molecule has 28 heavy (non-hydrogen) atoms. The summed E-state index contributed by atoms with van der Waals surface area (Å²) in [6.45, 7) is 0.192. The molecule has 0 amide bonds. The van der Waals surface area contributed by atoms with Crippen molar-refractivity contribution in [3.63, 3.8) is 0 Å². The van der Waals surface area contributed by atoms with Crippen LogP contribution in [-0.4, -0.2) is 11.1 Å². The van der Waals surface area contributed by atoms with Gasteiger partial charge >= 0.3 is 5.97 Å². The first-order valence-electron chi connectivity index (χ1n) is 9.84. The van der Waals surface area contributed by atoms with Crippen molar-refractivity contribution in [3.8, 4) is 16.9 Å². The van der Waals surface area contributed by atoms with Crippen molar-refractivity contribution in [2.75, 3.05) is 0 Å². The molecule has 0 unspecified atom stereocenters. The predicted octanol–water partition coefficient (Wildman–Crippen LogP) is 6.27. The lowest BCUT2D eigenvalue weighted by molar-refractivity contribution is 0.0658. The van der Waals surface area contributed by atoms with Crippen LogP contribution in [0.15, 0.2) is 65.1 Å². The van der Waals surface area contributed by atoms with Crippen LogP contribution in [0.5, 0.6) is 5.75 Å². The summed E-state index contributed by atoms with van der Waals surface area (Å²) in [4.78, 5) is 10.9. The third kappa shape index (κ3) is 4.28. The zero-order valence-corrected chi connectivity index (χ0v) is 15.8. The fourth-order valence-corrected chi connectivity index (χ4v) is 3.87. The third-order valence-electron chi connectivity index (χ3n) is 5.41. The molecule has 4 heteroatoms. The van der Waals surface area contributed by atoms with Gasteiger partial charge in [-0.05, 0) is 59.7 Å². The molecule has 0 aliphatic heterocycles. The lowest BCUT2D eigenvalue weighted by atomic mass is 9.84. The number of hydrogen-bond donors (Lipinski definition) is 1. The Kier molecular flexibility index (Phi) is 5.47. The van der Waals surface area contributed by atoms with Gasteiger partial charge in [0.2, 0.25) is 5.76 Å². The average Bonchev–Trinajstić information content (AvgIpc) is 3.23. The van der Waals surface area contributed by atoms with E-state index in [1.165, 1.54) is 43.7 Å². The number of carbonyl (C=O) groups is 1. The molecular formula is C24H24O4. The van der Waals surface area contributed by atoms with Gasteiger partial charge in [-0.2, -0.15) is 0 Å². The Labute approximate surface area is 164 Å². The van der Waals surface area contributed by atoms with E-state index in [0.29, 0.717) is 11.7 Å². The normalized spacial score (nSPS) is 14.7. The van der Waals surface area contributed by atoms with E-state index in [1.54, 1.807) is 6.07 Å². The Morgan fingerprint density at radius 3 is 2.46 bits per heavy atom. The second-order valence-electron chi connectivity index (χ2n) is 7.34. The van der Waals surface area contributed by atoms with Gasteiger partial charge < -0.3 is 14.3 Å². The lowest BCUT2D eigenvalue weighted by Gasteiger charge is -2.22. The largest absolute Gasteiger partial charge is 0.486 e. The Hall–Kier alpha value is -3.01. The molecule has 0 spiro atoms. The Balaban J connectivity index is 1.43. The van der Waals surface area contributed by atoms with E-state index < -0.39 is 5.97 Å². The average molecular weight is 376 g/mol. The highest BCUT2D eigenvalue weighted by molar-refractivity contribution is 5.84. The van der Waals surface area contributed by atoms with Crippen LogP contribution in [0.2, 0.25) is 0 Å². The topological polar surface area (TPSA) is 59.7 Å². The molecule has 1 aromatic heterocycles. The molecule has 1 fully saturated rings. The SMILES string of the molecule is O=C(O)c1ccc(COc2cccc(-c3ccc(C4CCCCC4)cc3)c2)o1. The molecule has 1 heterocycles. The Morgan fingerprint density at radius 1 is 0.964 bits per heavy atom. The van der Waals surface area contributed by atoms with Gasteiger partial charge in [0.05, 0.1) is 0 Å². The van der Waals surface area contributed by atoms with Crippen LogP contribution in [0.3, 0.4) is 0 Å². The molecule has 1 N–H and O–H groups in total. The Bertz CT molecular complexity index is 933. The summed E-state index contributed by atoms with van der Waals surface area (Å²) < 4.78 is 11.0. The van der Waals surface area contributed by atoms with Crippen molar-refractivity contribution in [1.82, 2.24) is 0 Å². The first-order chi connectivity index (χ1) is 13.7. The molecule has 4 rings (SSSR count). The highest BCUT2D eigenvalue weighted by Gasteiger charge is 2.15. The van der Waals surface area contributed by atoms with Gasteiger partial charge in [-0.25, -0.2) is 4.79 Å². The highest BCUT2D eigenvalue weighted by atomic mass is 16.5. The van der Waals surface area contributed by atoms with Crippen LogP contribution >= 0.6 is 0 Å². The standard InChI is InChI=1S/C24H24O4/c25-24(26)23-14-13-22(28-23)16-27-21-8-4-7-20(15-21)19-11-9-18(10-12-19)17-5-2-1-3-6-17/h4,7-15,17H,1-3,5-6,16H2,(H,25,26). The maximum Gasteiger partial charge on any atom is 0.371 e. The van der Waals surface area contributed by atoms with Crippen molar-refractivity contribution < 1.29 is 19.1 Å². The molecule has 144 valence electrons. The molecular weight excluding hydrogens is 352 g/mol. The quantitative estimate of drug-likeness (QED) is 0.551. The van der Waals surface area contributed by atoms with Crippen LogP contribution < -0.4 is 4.74 Å². The van der Waals surface area contributed by atoms with E-state index in [1.807, 2.05) is 18.2 Å². The number of carboxylic acid groups (broad SMARTS) is 1. The van der Waals surface area contributed by atoms with E-state index >= 15 is 0 Å². The van der Waals surface area contributed by atoms with Crippen molar-refractivity contribution >= 4 is 5.97 Å². The highest BCUT2D eigenvalue weighted by Crippen LogP contribution is 2.34. The Morgan fingerprint density at radius 2 is 1.75 bits per heavy atom. The van der Waals surface area contributed by atoms with Crippen LogP contribution in [0, 0.1) is 0 Å². The summed E-state index contributed by atoms with van der Waals surface area (Å²) in [5, 5.41) is 8.91. The maximum absolute atomic E-state index is 10.9. The van der Waals surface area contributed by atoms with E-state index in [0.717, 1.165) is 16.9 Å². The van der Waals surface area contributed by atoms with Gasteiger partial charge in [0.25, 0.3) is 0 Å². The number of benzene rings is 2. The van der Waals surface area contributed by atoms with E-state index in [2.05, 4.69) is 30.3 Å². The summed E-state index contributed by atoms with van der Waals surface area (Å²) >= 11 is 0. The number of ether oxygens (including phenoxy) is 1. The predicted molar refractivity (Wildman–Crippen MR) is 108 cm³/mol. The van der Waals surface area contributed by atoms with Gasteiger partial charge in [-0.1, -0.05) is 55.7 Å². The molecule has 1 aliphatic rings. The zero-order valence-electron chi connectivity index (χ0n) is 15.8. The monoisotopic (exact) mass is 376 g/mol. The summed E-state index contributed by atoms with van der Waals surface area (Å²) in [7, 11) is 0. The minimum atomic E-state index is -1.08. The van der Waals surface area contributed by atoms with Crippen LogP contribution in [0.25, 0.3) is 11.1 Å². The van der Waals surface area contributed by atoms with E-state index in [4.69, 9.17) is 14.3 Å². The van der Waals surface area contributed by atoms with Gasteiger partial charge in [0, 0.05) is 0 Å². The summed E-state index contributed by atoms with van der Waals surface area (Å²) in [5.74, 6) is 0.763. The maximum atomic E-state index is 10.9. The van der Waals surface area contributed by atoms with Crippen LogP contribution in [0.4, 0.5) is 0 Å². The molecule has 4 nitrogen and oxygen atoms in total. The number of furan rings is 1. The van der Waals surface area contributed by atoms with E-state index in [9.17, 15) is 4.79 Å². The van der Waals surface area contributed by atoms with Gasteiger partial charge in [0.1, 0.15) is 18.1 Å². The first kappa shape index (κ1) is 18.4. The number of hydrogen-bond acceptors (Lipinski definition) is 3. The number of rotatable bonds is 6. The molecule has 0 atom stereocenters. The summed E-state index contributed by atoms with van der Waals surface area (Å²) in [6.07, 6.45) is 6.67. The van der Waals surface area contributed by atoms with Gasteiger partial charge in [0.15, 0.2) is 0 Å². The zero-order chi connectivity index (χ0) is 19.3. The summed E-state index contributed by atoms with van der Waals surface area (Å²) in [5.41, 5.74) is 3.71. The van der Waals surface area contributed by atoms with Crippen LogP contribution in [-0.2, 0) is 6.61 Å². The second kappa shape index (κ2) is 8.34. The lowest BCUT2D eigenvalue weighted by Crippen LogP contribution is -2.04. The van der Waals surface area contributed by atoms with Crippen LogP contribution in [0.1, 0.15) is 59.9 Å².